The third-order valence-corrected chi connectivity index (χ3v) is 7.61. The summed E-state index contributed by atoms with van der Waals surface area (Å²) in [5.41, 5.74) is -0.378. The lowest BCUT2D eigenvalue weighted by molar-refractivity contribution is -0.939. The van der Waals surface area contributed by atoms with Crippen LogP contribution in [0.4, 0.5) is 5.69 Å². The minimum absolute atomic E-state index is 0. The molecule has 3 N–H and O–H groups in total. The summed E-state index contributed by atoms with van der Waals surface area (Å²) in [4.78, 5) is 26.5. The highest BCUT2D eigenvalue weighted by atomic mass is 79.9. The van der Waals surface area contributed by atoms with Crippen molar-refractivity contribution < 1.29 is 46.0 Å². The van der Waals surface area contributed by atoms with Crippen LogP contribution >= 0.6 is 0 Å². The Morgan fingerprint density at radius 1 is 0.892 bits per heavy atom. The molecule has 3 aliphatic rings. The van der Waals surface area contributed by atoms with Crippen LogP contribution < -0.4 is 22.3 Å². The first kappa shape index (κ1) is 26.9. The third-order valence-electron chi connectivity index (χ3n) is 7.61. The number of rotatable bonds is 7. The second kappa shape index (κ2) is 11.0. The first-order valence-corrected chi connectivity index (χ1v) is 12.4. The van der Waals surface area contributed by atoms with Crippen LogP contribution in [-0.4, -0.2) is 58.9 Å². The number of fused-ring (bicyclic) bond motifs is 3. The number of benzene rings is 3. The zero-order valence-electron chi connectivity index (χ0n) is 20.4. The molecule has 3 saturated heterocycles. The van der Waals surface area contributed by atoms with Crippen LogP contribution in [0.3, 0.4) is 0 Å². The van der Waals surface area contributed by atoms with Crippen molar-refractivity contribution >= 4 is 17.6 Å². The number of anilines is 1. The molecule has 2 bridgehead atoms. The maximum absolute atomic E-state index is 13.6. The van der Waals surface area contributed by atoms with E-state index in [1.807, 2.05) is 12.1 Å². The molecule has 0 saturated carbocycles. The third kappa shape index (κ3) is 5.56. The summed E-state index contributed by atoms with van der Waals surface area (Å²) in [6.07, 6.45) is 1.35. The highest BCUT2D eigenvalue weighted by molar-refractivity contribution is 5.91. The molecular weight excluding hydrogens is 536 g/mol. The van der Waals surface area contributed by atoms with E-state index in [0.717, 1.165) is 25.9 Å². The standard InChI is InChI=1S/C29H30N2O5.BrH/c32-25-13-11-24(12-14-25)30-27(33)20-31-17-15-21(16-18-31)26(19-31)36-28(34)29(35,22-7-3-1-4-8-22)23-9-5-2-6-10-23;/h1-14,21,26,35H,15-20H2,(H-,30,32,33);1H/t21?,26-,31?;/m0./s1. The number of phenols is 1. The molecule has 3 aliphatic heterocycles. The van der Waals surface area contributed by atoms with Crippen LogP contribution in [0.15, 0.2) is 84.9 Å². The number of phenolic OH excluding ortho intramolecular Hbond substituents is 1. The SMILES string of the molecule is O=C(C[N+]12CCC(CC1)[C@@H](OC(=O)C(O)(c1ccccc1)c1ccccc1)C2)Nc1ccc(O)cc1.[Br-]. The molecule has 3 fully saturated rings. The lowest BCUT2D eigenvalue weighted by atomic mass is 9.82. The highest BCUT2D eigenvalue weighted by Crippen LogP contribution is 2.38. The Kier molecular flexibility index (Phi) is 8.02. The molecular formula is C29H31BrN2O5. The molecule has 0 aliphatic carbocycles. The smallest absolute Gasteiger partial charge is 0.348 e. The van der Waals surface area contributed by atoms with Crippen LogP contribution in [0.25, 0.3) is 0 Å². The van der Waals surface area contributed by atoms with Crippen molar-refractivity contribution in [2.45, 2.75) is 24.5 Å². The summed E-state index contributed by atoms with van der Waals surface area (Å²) < 4.78 is 6.62. The van der Waals surface area contributed by atoms with Crippen LogP contribution in [0.2, 0.25) is 0 Å². The van der Waals surface area contributed by atoms with Gasteiger partial charge in [0.1, 0.15) is 12.3 Å². The Hall–Kier alpha value is -3.20. The van der Waals surface area contributed by atoms with Crippen LogP contribution in [0, 0.1) is 5.92 Å². The predicted octanol–water partition coefficient (Wildman–Crippen LogP) is 0.423. The molecule has 8 heteroatoms. The number of esters is 1. The molecule has 0 spiro atoms. The van der Waals surface area contributed by atoms with E-state index in [0.29, 0.717) is 27.8 Å². The molecule has 6 rings (SSSR count). The topological polar surface area (TPSA) is 95.9 Å². The summed E-state index contributed by atoms with van der Waals surface area (Å²) in [6, 6.07) is 24.1. The summed E-state index contributed by atoms with van der Waals surface area (Å²) in [5, 5.41) is 24.1. The van der Waals surface area contributed by atoms with Crippen molar-refractivity contribution in [2.75, 3.05) is 31.5 Å². The highest BCUT2D eigenvalue weighted by Gasteiger charge is 2.51. The molecule has 194 valence electrons. The van der Waals surface area contributed by atoms with Gasteiger partial charge in [-0.05, 0) is 35.4 Å². The van der Waals surface area contributed by atoms with Crippen molar-refractivity contribution in [1.82, 2.24) is 0 Å². The molecule has 3 heterocycles. The first-order chi connectivity index (χ1) is 17.4. The molecule has 0 unspecified atom stereocenters. The molecule has 0 radical (unpaired) electrons. The maximum atomic E-state index is 13.6. The Morgan fingerprint density at radius 3 is 1.97 bits per heavy atom. The van der Waals surface area contributed by atoms with Gasteiger partial charge in [-0.15, -0.1) is 0 Å². The van der Waals surface area contributed by atoms with E-state index in [-0.39, 0.29) is 47.2 Å². The number of hydrogen-bond donors (Lipinski definition) is 3. The molecule has 7 nitrogen and oxygen atoms in total. The number of carbonyl (C=O) groups is 2. The van der Waals surface area contributed by atoms with Gasteiger partial charge in [-0.2, -0.15) is 0 Å². The average molecular weight is 567 g/mol. The van der Waals surface area contributed by atoms with Crippen LogP contribution in [0.1, 0.15) is 24.0 Å². The first-order valence-electron chi connectivity index (χ1n) is 12.4. The van der Waals surface area contributed by atoms with Gasteiger partial charge in [-0.3, -0.25) is 4.79 Å². The summed E-state index contributed by atoms with van der Waals surface area (Å²) in [5.74, 6) is -0.449. The quantitative estimate of drug-likeness (QED) is 0.219. The van der Waals surface area contributed by atoms with Gasteiger partial charge in [-0.25, -0.2) is 4.79 Å². The fraction of sp³-hybridized carbons (Fsp3) is 0.310. The molecule has 1 atom stereocenters. The number of carbonyl (C=O) groups excluding carboxylic acids is 2. The zero-order chi connectivity index (χ0) is 25.2. The van der Waals surface area contributed by atoms with Gasteiger partial charge >= 0.3 is 5.97 Å². The van der Waals surface area contributed by atoms with E-state index in [1.54, 1.807) is 60.7 Å². The largest absolute Gasteiger partial charge is 1.00 e. The Bertz CT molecular complexity index is 1170. The van der Waals surface area contributed by atoms with E-state index >= 15 is 0 Å². The number of piperidine rings is 3. The minimum atomic E-state index is -1.92. The van der Waals surface area contributed by atoms with E-state index in [2.05, 4.69) is 5.32 Å². The van der Waals surface area contributed by atoms with Crippen molar-refractivity contribution in [3.8, 4) is 5.75 Å². The van der Waals surface area contributed by atoms with Gasteiger partial charge in [0.05, 0.1) is 13.1 Å². The molecule has 1 amide bonds. The van der Waals surface area contributed by atoms with Gasteiger partial charge in [0.25, 0.3) is 5.91 Å². The van der Waals surface area contributed by atoms with Crippen LogP contribution in [-0.2, 0) is 19.9 Å². The maximum Gasteiger partial charge on any atom is 0.348 e. The minimum Gasteiger partial charge on any atom is -1.00 e. The number of aliphatic hydroxyl groups is 1. The van der Waals surface area contributed by atoms with Crippen molar-refractivity contribution in [1.29, 1.82) is 0 Å². The van der Waals surface area contributed by atoms with Crippen molar-refractivity contribution in [3.05, 3.63) is 96.1 Å². The van der Waals surface area contributed by atoms with E-state index in [1.165, 1.54) is 12.1 Å². The van der Waals surface area contributed by atoms with E-state index in [9.17, 15) is 19.8 Å². The molecule has 3 aromatic carbocycles. The fourth-order valence-corrected chi connectivity index (χ4v) is 5.61. The van der Waals surface area contributed by atoms with Gasteiger partial charge in [0.15, 0.2) is 12.6 Å². The monoisotopic (exact) mass is 566 g/mol. The van der Waals surface area contributed by atoms with Gasteiger partial charge in [0, 0.05) is 24.4 Å². The second-order valence-electron chi connectivity index (χ2n) is 9.95. The zero-order valence-corrected chi connectivity index (χ0v) is 22.0. The fourth-order valence-electron chi connectivity index (χ4n) is 5.61. The number of ether oxygens (including phenoxy) is 1. The lowest BCUT2D eigenvalue weighted by Gasteiger charge is -2.51. The van der Waals surface area contributed by atoms with Gasteiger partial charge in [-0.1, -0.05) is 60.7 Å². The van der Waals surface area contributed by atoms with E-state index in [4.69, 9.17) is 4.74 Å². The Labute approximate surface area is 227 Å². The van der Waals surface area contributed by atoms with Crippen LogP contribution in [0.5, 0.6) is 5.75 Å². The molecule has 3 aromatic rings. The number of quaternary nitrogens is 1. The summed E-state index contributed by atoms with van der Waals surface area (Å²) in [7, 11) is 0. The number of amides is 1. The number of nitrogens with zero attached hydrogens (tertiary/aromatic N) is 1. The second-order valence-corrected chi connectivity index (χ2v) is 9.95. The number of hydrogen-bond acceptors (Lipinski definition) is 5. The normalized spacial score (nSPS) is 22.5. The predicted molar refractivity (Wildman–Crippen MR) is 135 cm³/mol. The van der Waals surface area contributed by atoms with Gasteiger partial charge in [0.2, 0.25) is 5.60 Å². The van der Waals surface area contributed by atoms with Crippen molar-refractivity contribution in [2.24, 2.45) is 5.92 Å². The Morgan fingerprint density at radius 2 is 1.43 bits per heavy atom. The summed E-state index contributed by atoms with van der Waals surface area (Å²) in [6.45, 7) is 2.52. The molecule has 37 heavy (non-hydrogen) atoms. The lowest BCUT2D eigenvalue weighted by Crippen LogP contribution is -3.00. The number of aromatic hydroxyl groups is 1. The molecule has 0 aromatic heterocycles. The van der Waals surface area contributed by atoms with E-state index < -0.39 is 11.6 Å². The summed E-state index contributed by atoms with van der Waals surface area (Å²) >= 11 is 0. The number of nitrogens with one attached hydrogen (secondary N) is 1. The van der Waals surface area contributed by atoms with Crippen molar-refractivity contribution in [3.63, 3.8) is 0 Å². The Balaban J connectivity index is 0.00000320. The average Bonchev–Trinajstić information content (AvgIpc) is 2.91. The van der Waals surface area contributed by atoms with Gasteiger partial charge < -0.3 is 41.7 Å². The number of halogens is 1.